The average Bonchev–Trinajstić information content (AvgIpc) is 3.27. The Morgan fingerprint density at radius 2 is 1.81 bits per heavy atom. The molecule has 2 aliphatic rings. The van der Waals surface area contributed by atoms with Crippen LogP contribution < -0.4 is 10.1 Å². The monoisotopic (exact) mass is 536 g/mol. The lowest BCUT2D eigenvalue weighted by molar-refractivity contribution is -0.131. The molecule has 0 unspecified atom stereocenters. The van der Waals surface area contributed by atoms with Crippen LogP contribution in [0.15, 0.2) is 46.4 Å². The molecule has 1 aliphatic heterocycles. The molecule has 1 saturated heterocycles. The zero-order chi connectivity index (χ0) is 22.8. The van der Waals surface area contributed by atoms with Gasteiger partial charge in [-0.15, -0.1) is 0 Å². The fourth-order valence-corrected chi connectivity index (χ4v) is 4.68. The van der Waals surface area contributed by atoms with E-state index in [1.807, 2.05) is 6.07 Å². The van der Waals surface area contributed by atoms with Crippen LogP contribution in [-0.2, 0) is 16.2 Å². The summed E-state index contributed by atoms with van der Waals surface area (Å²) in [6.07, 6.45) is 4.93. The Bertz CT molecular complexity index is 1130. The Morgan fingerprint density at radius 3 is 2.50 bits per heavy atom. The maximum absolute atomic E-state index is 12.9. The minimum absolute atomic E-state index is 0.0622. The van der Waals surface area contributed by atoms with Gasteiger partial charge in [0, 0.05) is 6.04 Å². The summed E-state index contributed by atoms with van der Waals surface area (Å²) in [5.74, 6) is -0.660. The van der Waals surface area contributed by atoms with Gasteiger partial charge in [-0.3, -0.25) is 19.8 Å². The van der Waals surface area contributed by atoms with Gasteiger partial charge in [-0.25, -0.2) is 4.79 Å². The van der Waals surface area contributed by atoms with E-state index in [0.717, 1.165) is 31.2 Å². The smallest absolute Gasteiger partial charge is 0.331 e. The van der Waals surface area contributed by atoms with E-state index in [0.29, 0.717) is 25.8 Å². The summed E-state index contributed by atoms with van der Waals surface area (Å²) >= 11 is 15.4. The number of hydrogen-bond acceptors (Lipinski definition) is 4. The molecule has 6 nitrogen and oxygen atoms in total. The van der Waals surface area contributed by atoms with Crippen molar-refractivity contribution in [3.05, 3.63) is 67.6 Å². The van der Waals surface area contributed by atoms with Gasteiger partial charge in [0.25, 0.3) is 11.8 Å². The second kappa shape index (κ2) is 9.65. The second-order valence-corrected chi connectivity index (χ2v) is 9.33. The molecular weight excluding hydrogens is 519 g/mol. The second-order valence-electron chi connectivity index (χ2n) is 7.66. The topological polar surface area (TPSA) is 75.7 Å². The number of benzene rings is 2. The molecule has 32 heavy (non-hydrogen) atoms. The molecule has 1 saturated carbocycles. The standard InChI is InChI=1S/C23H19BrCl2N2O4/c24-17-10-13(6-8-20(17)32-12-14-5-7-18(25)19(26)11-14)9-16-21(29)27-23(31)28(22(16)30)15-3-1-2-4-15/h5-11,15H,1-4,12H2,(H,27,29,31)/b16-9+. The maximum Gasteiger partial charge on any atom is 0.331 e. The Balaban J connectivity index is 1.51. The Morgan fingerprint density at radius 1 is 1.06 bits per heavy atom. The average molecular weight is 538 g/mol. The van der Waals surface area contributed by atoms with Crippen LogP contribution in [-0.4, -0.2) is 28.8 Å². The largest absolute Gasteiger partial charge is 0.488 e. The number of ether oxygens (including phenoxy) is 1. The number of nitrogens with one attached hydrogen (secondary N) is 1. The van der Waals surface area contributed by atoms with Crippen molar-refractivity contribution in [2.24, 2.45) is 0 Å². The van der Waals surface area contributed by atoms with Crippen molar-refractivity contribution < 1.29 is 19.1 Å². The van der Waals surface area contributed by atoms with Gasteiger partial charge in [0.05, 0.1) is 14.5 Å². The number of urea groups is 1. The molecule has 0 radical (unpaired) electrons. The van der Waals surface area contributed by atoms with Gasteiger partial charge in [-0.2, -0.15) is 0 Å². The predicted molar refractivity (Wildman–Crippen MR) is 126 cm³/mol. The van der Waals surface area contributed by atoms with Gasteiger partial charge < -0.3 is 4.74 Å². The molecule has 1 aliphatic carbocycles. The van der Waals surface area contributed by atoms with Crippen LogP contribution in [0.5, 0.6) is 5.75 Å². The SMILES string of the molecule is O=C1NC(=O)N(C2CCCC2)C(=O)/C1=C/c1ccc(OCc2ccc(Cl)c(Cl)c2)c(Br)c1. The van der Waals surface area contributed by atoms with Gasteiger partial charge in [-0.1, -0.05) is 48.2 Å². The minimum atomic E-state index is -0.690. The lowest BCUT2D eigenvalue weighted by Gasteiger charge is -2.31. The van der Waals surface area contributed by atoms with Crippen molar-refractivity contribution in [3.63, 3.8) is 0 Å². The van der Waals surface area contributed by atoms with Crippen molar-refractivity contribution in [2.45, 2.75) is 38.3 Å². The highest BCUT2D eigenvalue weighted by Gasteiger charge is 2.40. The number of carbonyl (C=O) groups is 3. The summed E-state index contributed by atoms with van der Waals surface area (Å²) in [4.78, 5) is 38.7. The normalized spacial score (nSPS) is 18.4. The number of rotatable bonds is 5. The lowest BCUT2D eigenvalue weighted by Crippen LogP contribution is -2.57. The molecule has 4 amide bonds. The number of hydrogen-bond donors (Lipinski definition) is 1. The molecule has 2 aromatic carbocycles. The molecule has 166 valence electrons. The van der Waals surface area contributed by atoms with E-state index in [1.54, 1.807) is 30.3 Å². The van der Waals surface area contributed by atoms with Crippen LogP contribution in [0.2, 0.25) is 10.0 Å². The first-order valence-corrected chi connectivity index (χ1v) is 11.6. The fourth-order valence-electron chi connectivity index (χ4n) is 3.85. The summed E-state index contributed by atoms with van der Waals surface area (Å²) < 4.78 is 6.49. The third-order valence-electron chi connectivity index (χ3n) is 5.47. The predicted octanol–water partition coefficient (Wildman–Crippen LogP) is 5.74. The third kappa shape index (κ3) is 4.85. The van der Waals surface area contributed by atoms with E-state index in [1.165, 1.54) is 11.0 Å². The summed E-state index contributed by atoms with van der Waals surface area (Å²) in [5.41, 5.74) is 1.42. The maximum atomic E-state index is 12.9. The summed E-state index contributed by atoms with van der Waals surface area (Å²) in [5, 5.41) is 3.21. The van der Waals surface area contributed by atoms with Gasteiger partial charge in [0.2, 0.25) is 0 Å². The van der Waals surface area contributed by atoms with Crippen LogP contribution in [0.3, 0.4) is 0 Å². The molecule has 0 aromatic heterocycles. The van der Waals surface area contributed by atoms with Gasteiger partial charge in [0.1, 0.15) is 17.9 Å². The summed E-state index contributed by atoms with van der Waals surface area (Å²) in [6.45, 7) is 0.287. The lowest BCUT2D eigenvalue weighted by atomic mass is 10.1. The zero-order valence-corrected chi connectivity index (χ0v) is 20.0. The van der Waals surface area contributed by atoms with Crippen molar-refractivity contribution in [3.8, 4) is 5.75 Å². The molecule has 9 heteroatoms. The van der Waals surface area contributed by atoms with Crippen molar-refractivity contribution in [2.75, 3.05) is 0 Å². The molecular formula is C23H19BrCl2N2O4. The quantitative estimate of drug-likeness (QED) is 0.390. The summed E-state index contributed by atoms with van der Waals surface area (Å²) in [7, 11) is 0. The number of imide groups is 2. The van der Waals surface area contributed by atoms with Crippen molar-refractivity contribution in [1.29, 1.82) is 0 Å². The van der Waals surface area contributed by atoms with Crippen LogP contribution in [0.4, 0.5) is 4.79 Å². The molecule has 4 rings (SSSR count). The van der Waals surface area contributed by atoms with Crippen molar-refractivity contribution >= 4 is 63.1 Å². The van der Waals surface area contributed by atoms with Gasteiger partial charge in [-0.05, 0) is 70.2 Å². The number of amides is 4. The van der Waals surface area contributed by atoms with E-state index in [4.69, 9.17) is 27.9 Å². The molecule has 0 spiro atoms. The minimum Gasteiger partial charge on any atom is -0.488 e. The molecule has 2 aromatic rings. The van der Waals surface area contributed by atoms with E-state index in [2.05, 4.69) is 21.2 Å². The first kappa shape index (κ1) is 22.8. The molecule has 1 N–H and O–H groups in total. The van der Waals surface area contributed by atoms with Crippen LogP contribution in [0.1, 0.15) is 36.8 Å². The van der Waals surface area contributed by atoms with E-state index >= 15 is 0 Å². The zero-order valence-electron chi connectivity index (χ0n) is 16.9. The first-order chi connectivity index (χ1) is 15.3. The Kier molecular flexibility index (Phi) is 6.88. The Labute approximate surface area is 203 Å². The third-order valence-corrected chi connectivity index (χ3v) is 6.83. The summed E-state index contributed by atoms with van der Waals surface area (Å²) in [6, 6.07) is 9.68. The van der Waals surface area contributed by atoms with E-state index in [9.17, 15) is 14.4 Å². The highest BCUT2D eigenvalue weighted by Crippen LogP contribution is 2.30. The highest BCUT2D eigenvalue weighted by molar-refractivity contribution is 9.10. The molecule has 2 fully saturated rings. The first-order valence-electron chi connectivity index (χ1n) is 10.1. The highest BCUT2D eigenvalue weighted by atomic mass is 79.9. The van der Waals surface area contributed by atoms with Crippen molar-refractivity contribution in [1.82, 2.24) is 10.2 Å². The van der Waals surface area contributed by atoms with Crippen LogP contribution >= 0.6 is 39.1 Å². The number of nitrogens with zero attached hydrogens (tertiary/aromatic N) is 1. The van der Waals surface area contributed by atoms with Crippen LogP contribution in [0, 0.1) is 0 Å². The number of barbiturate groups is 1. The molecule has 1 heterocycles. The van der Waals surface area contributed by atoms with Crippen LogP contribution in [0.25, 0.3) is 6.08 Å². The molecule has 0 atom stereocenters. The van der Waals surface area contributed by atoms with Gasteiger partial charge >= 0.3 is 6.03 Å². The number of halogens is 3. The fraction of sp³-hybridized carbons (Fsp3) is 0.261. The van der Waals surface area contributed by atoms with Gasteiger partial charge in [0.15, 0.2) is 0 Å². The number of carbonyl (C=O) groups excluding carboxylic acids is 3. The molecule has 0 bridgehead atoms. The van der Waals surface area contributed by atoms with E-state index < -0.39 is 17.8 Å². The Hall–Kier alpha value is -2.35. The van der Waals surface area contributed by atoms with E-state index in [-0.39, 0.29) is 18.2 Å².